The van der Waals surface area contributed by atoms with E-state index in [1.165, 1.54) is 5.56 Å². The van der Waals surface area contributed by atoms with Crippen molar-refractivity contribution in [1.82, 2.24) is 15.3 Å². The number of rotatable bonds is 3. The molecule has 1 atom stereocenters. The summed E-state index contributed by atoms with van der Waals surface area (Å²) in [6.07, 6.45) is 6.81. The van der Waals surface area contributed by atoms with Crippen LogP contribution < -0.4 is 16.0 Å². The molecule has 7 heteroatoms. The molecule has 1 aromatic carbocycles. The van der Waals surface area contributed by atoms with Crippen LogP contribution in [0.1, 0.15) is 60.0 Å². The Labute approximate surface area is 172 Å². The standard InChI is InChI=1S/C22H31N5O2/c1-16-8-10-17(11-9-16)14-25-21(29)19-15-26-22-24-12-4-2-3-6-18(28)7-5-13-23-20(19)27-22/h8-11,15,18,28H,2-7,12-14H2,1H3,(H,25,29)(H2,23,24,26,27). The molecule has 2 bridgehead atoms. The minimum atomic E-state index is -0.258. The van der Waals surface area contributed by atoms with Crippen molar-refractivity contribution in [2.24, 2.45) is 0 Å². The summed E-state index contributed by atoms with van der Waals surface area (Å²) in [5.41, 5.74) is 2.66. The molecule has 0 spiro atoms. The van der Waals surface area contributed by atoms with Crippen molar-refractivity contribution < 1.29 is 9.90 Å². The normalized spacial score (nSPS) is 18.1. The molecule has 0 saturated carbocycles. The van der Waals surface area contributed by atoms with Gasteiger partial charge in [0.05, 0.1) is 6.10 Å². The number of nitrogens with zero attached hydrogens (tertiary/aromatic N) is 2. The summed E-state index contributed by atoms with van der Waals surface area (Å²) in [4.78, 5) is 21.6. The lowest BCUT2D eigenvalue weighted by atomic mass is 10.1. The van der Waals surface area contributed by atoms with Crippen LogP contribution in [-0.4, -0.2) is 40.2 Å². The maximum absolute atomic E-state index is 12.7. The molecule has 0 saturated heterocycles. The number of hydrogen-bond acceptors (Lipinski definition) is 6. The fraction of sp³-hybridized carbons (Fsp3) is 0.500. The highest BCUT2D eigenvalue weighted by molar-refractivity contribution is 5.98. The van der Waals surface area contributed by atoms with Crippen molar-refractivity contribution >= 4 is 17.7 Å². The van der Waals surface area contributed by atoms with Crippen LogP contribution in [0.2, 0.25) is 0 Å². The molecule has 156 valence electrons. The van der Waals surface area contributed by atoms with Gasteiger partial charge in [0.2, 0.25) is 5.95 Å². The lowest BCUT2D eigenvalue weighted by Crippen LogP contribution is -2.25. The molecule has 29 heavy (non-hydrogen) atoms. The van der Waals surface area contributed by atoms with E-state index < -0.39 is 0 Å². The Morgan fingerprint density at radius 3 is 2.69 bits per heavy atom. The monoisotopic (exact) mass is 397 g/mol. The molecule has 0 radical (unpaired) electrons. The molecule has 1 aromatic heterocycles. The van der Waals surface area contributed by atoms with E-state index >= 15 is 0 Å². The smallest absolute Gasteiger partial charge is 0.256 e. The van der Waals surface area contributed by atoms with E-state index in [2.05, 4.69) is 25.9 Å². The van der Waals surface area contributed by atoms with Gasteiger partial charge in [-0.15, -0.1) is 0 Å². The van der Waals surface area contributed by atoms with Crippen LogP contribution in [0.5, 0.6) is 0 Å². The Bertz CT molecular complexity index is 794. The van der Waals surface area contributed by atoms with Crippen LogP contribution in [0.4, 0.5) is 11.8 Å². The van der Waals surface area contributed by atoms with Gasteiger partial charge in [-0.3, -0.25) is 4.79 Å². The molecule has 2 heterocycles. The average Bonchev–Trinajstić information content (AvgIpc) is 2.72. The van der Waals surface area contributed by atoms with Gasteiger partial charge in [0.25, 0.3) is 5.91 Å². The maximum Gasteiger partial charge on any atom is 0.256 e. The average molecular weight is 398 g/mol. The molecule has 2 aromatic rings. The van der Waals surface area contributed by atoms with Crippen LogP contribution in [0.15, 0.2) is 30.5 Å². The highest BCUT2D eigenvalue weighted by Gasteiger charge is 2.15. The lowest BCUT2D eigenvalue weighted by Gasteiger charge is -2.15. The number of benzene rings is 1. The third-order valence-corrected chi connectivity index (χ3v) is 5.11. The number of aryl methyl sites for hydroxylation is 1. The van der Waals surface area contributed by atoms with Gasteiger partial charge >= 0.3 is 0 Å². The van der Waals surface area contributed by atoms with Crippen molar-refractivity contribution in [3.63, 3.8) is 0 Å². The molecule has 7 nitrogen and oxygen atoms in total. The molecule has 1 unspecified atom stereocenters. The molecule has 3 rings (SSSR count). The van der Waals surface area contributed by atoms with Gasteiger partial charge in [0.1, 0.15) is 11.4 Å². The number of fused-ring (bicyclic) bond motifs is 2. The van der Waals surface area contributed by atoms with Crippen LogP contribution in [0.25, 0.3) is 0 Å². The second kappa shape index (κ2) is 10.8. The molecule has 1 amide bonds. The zero-order valence-electron chi connectivity index (χ0n) is 17.1. The number of carbonyl (C=O) groups is 1. The largest absolute Gasteiger partial charge is 0.393 e. The van der Waals surface area contributed by atoms with Crippen molar-refractivity contribution in [2.45, 2.75) is 58.1 Å². The first kappa shape index (κ1) is 21.0. The highest BCUT2D eigenvalue weighted by Crippen LogP contribution is 2.16. The first-order chi connectivity index (χ1) is 14.1. The van der Waals surface area contributed by atoms with Crippen molar-refractivity contribution in [2.75, 3.05) is 23.7 Å². The first-order valence-corrected chi connectivity index (χ1v) is 10.5. The number of hydrogen-bond donors (Lipinski definition) is 4. The van der Waals surface area contributed by atoms with E-state index in [4.69, 9.17) is 0 Å². The maximum atomic E-state index is 12.7. The quantitative estimate of drug-likeness (QED) is 0.635. The fourth-order valence-corrected chi connectivity index (χ4v) is 3.32. The van der Waals surface area contributed by atoms with E-state index in [1.807, 2.05) is 31.2 Å². The Kier molecular flexibility index (Phi) is 7.81. The molecule has 0 fully saturated rings. The third-order valence-electron chi connectivity index (χ3n) is 5.11. The second-order valence-corrected chi connectivity index (χ2v) is 7.62. The predicted molar refractivity (Wildman–Crippen MR) is 115 cm³/mol. The summed E-state index contributed by atoms with van der Waals surface area (Å²) in [6, 6.07) is 8.07. The minimum absolute atomic E-state index is 0.208. The molecule has 0 aliphatic carbocycles. The van der Waals surface area contributed by atoms with E-state index in [0.29, 0.717) is 30.4 Å². The topological polar surface area (TPSA) is 99.2 Å². The van der Waals surface area contributed by atoms with Gasteiger partial charge in [-0.2, -0.15) is 4.98 Å². The first-order valence-electron chi connectivity index (χ1n) is 10.5. The van der Waals surface area contributed by atoms with Gasteiger partial charge in [-0.05, 0) is 38.2 Å². The Morgan fingerprint density at radius 2 is 1.86 bits per heavy atom. The summed E-state index contributed by atoms with van der Waals surface area (Å²) >= 11 is 0. The number of aromatic nitrogens is 2. The third kappa shape index (κ3) is 6.71. The zero-order valence-corrected chi connectivity index (χ0v) is 17.1. The molecule has 4 N–H and O–H groups in total. The van der Waals surface area contributed by atoms with E-state index in [9.17, 15) is 9.90 Å². The van der Waals surface area contributed by atoms with Crippen molar-refractivity contribution in [3.8, 4) is 0 Å². The van der Waals surface area contributed by atoms with Gasteiger partial charge in [-0.25, -0.2) is 4.98 Å². The van der Waals surface area contributed by atoms with Gasteiger partial charge in [-0.1, -0.05) is 42.7 Å². The van der Waals surface area contributed by atoms with Gasteiger partial charge in [0.15, 0.2) is 0 Å². The number of carbonyl (C=O) groups excluding carboxylic acids is 1. The van der Waals surface area contributed by atoms with Gasteiger partial charge < -0.3 is 21.1 Å². The molecular formula is C22H31N5O2. The minimum Gasteiger partial charge on any atom is -0.393 e. The number of aliphatic hydroxyl groups is 1. The predicted octanol–water partition coefficient (Wildman–Crippen LogP) is 3.25. The molecular weight excluding hydrogens is 366 g/mol. The van der Waals surface area contributed by atoms with Gasteiger partial charge in [0, 0.05) is 25.8 Å². The van der Waals surface area contributed by atoms with Crippen LogP contribution >= 0.6 is 0 Å². The Balaban J connectivity index is 1.68. The Hall–Kier alpha value is -2.67. The summed E-state index contributed by atoms with van der Waals surface area (Å²) in [6.45, 7) is 3.90. The SMILES string of the molecule is Cc1ccc(CNC(=O)c2cnc3nc2NCCCC(O)CCCCCN3)cc1. The van der Waals surface area contributed by atoms with E-state index in [1.54, 1.807) is 6.20 Å². The van der Waals surface area contributed by atoms with Crippen molar-refractivity contribution in [3.05, 3.63) is 47.2 Å². The van der Waals surface area contributed by atoms with E-state index in [0.717, 1.165) is 50.6 Å². The van der Waals surface area contributed by atoms with Crippen LogP contribution in [-0.2, 0) is 6.54 Å². The van der Waals surface area contributed by atoms with Crippen LogP contribution in [0.3, 0.4) is 0 Å². The van der Waals surface area contributed by atoms with Crippen molar-refractivity contribution in [1.29, 1.82) is 0 Å². The summed E-state index contributed by atoms with van der Waals surface area (Å²) in [5, 5.41) is 19.5. The number of aliphatic hydroxyl groups excluding tert-OH is 1. The fourth-order valence-electron chi connectivity index (χ4n) is 3.32. The zero-order chi connectivity index (χ0) is 20.5. The highest BCUT2D eigenvalue weighted by atomic mass is 16.3. The second-order valence-electron chi connectivity index (χ2n) is 7.62. The van der Waals surface area contributed by atoms with Crippen LogP contribution in [0, 0.1) is 6.92 Å². The number of amides is 1. The summed E-state index contributed by atoms with van der Waals surface area (Å²) < 4.78 is 0. The Morgan fingerprint density at radius 1 is 1.10 bits per heavy atom. The number of anilines is 2. The number of nitrogens with one attached hydrogen (secondary N) is 3. The summed E-state index contributed by atoms with van der Waals surface area (Å²) in [7, 11) is 0. The lowest BCUT2D eigenvalue weighted by molar-refractivity contribution is 0.0951. The van der Waals surface area contributed by atoms with E-state index in [-0.39, 0.29) is 12.0 Å². The molecule has 1 aliphatic rings. The molecule has 1 aliphatic heterocycles. The summed E-state index contributed by atoms with van der Waals surface area (Å²) in [5.74, 6) is 0.843.